The van der Waals surface area contributed by atoms with Crippen molar-refractivity contribution in [3.05, 3.63) is 59.7 Å². The second-order valence-electron chi connectivity index (χ2n) is 10.7. The van der Waals surface area contributed by atoms with E-state index in [1.807, 2.05) is 24.3 Å². The summed E-state index contributed by atoms with van der Waals surface area (Å²) in [5.74, 6) is -0.928. The van der Waals surface area contributed by atoms with E-state index >= 15 is 0 Å². The molecule has 2 aromatic carbocycles. The first-order chi connectivity index (χ1) is 16.8. The van der Waals surface area contributed by atoms with E-state index in [0.717, 1.165) is 41.5 Å². The number of likely N-dealkylation sites (tertiary alicyclic amines) is 1. The van der Waals surface area contributed by atoms with Crippen molar-refractivity contribution in [1.29, 1.82) is 0 Å². The van der Waals surface area contributed by atoms with E-state index in [1.54, 1.807) is 13.8 Å². The Labute approximate surface area is 205 Å². The van der Waals surface area contributed by atoms with Crippen LogP contribution in [-0.4, -0.2) is 53.7 Å². The molecule has 1 saturated heterocycles. The maximum Gasteiger partial charge on any atom is 0.407 e. The van der Waals surface area contributed by atoms with E-state index < -0.39 is 23.5 Å². The smallest absolute Gasteiger partial charge is 0.407 e. The Bertz CT molecular complexity index is 1110. The standard InChI is InChI=1S/C28H32N2O5/c1-28(2,26(33)30-14-17-8-7-13-18(17)24(30)25(31)32)16-29-27(34)35-15-23-21-11-5-3-9-19(21)20-10-4-6-12-22(20)23/h3-6,9-12,17-18,23-24H,7-8,13-16H2,1-2H3,(H,29,34)(H,31,32). The molecule has 0 bridgehead atoms. The molecule has 2 aromatic rings. The highest BCUT2D eigenvalue weighted by Crippen LogP contribution is 2.45. The normalized spacial score (nSPS) is 22.9. The van der Waals surface area contributed by atoms with Crippen molar-refractivity contribution >= 4 is 18.0 Å². The summed E-state index contributed by atoms with van der Waals surface area (Å²) in [5.41, 5.74) is 3.64. The first kappa shape index (κ1) is 23.4. The Morgan fingerprint density at radius 3 is 2.29 bits per heavy atom. The predicted octanol–water partition coefficient (Wildman–Crippen LogP) is 4.26. The first-order valence-corrected chi connectivity index (χ1v) is 12.4. The Hall–Kier alpha value is -3.35. The van der Waals surface area contributed by atoms with Gasteiger partial charge in [0.1, 0.15) is 12.6 Å². The van der Waals surface area contributed by atoms with Gasteiger partial charge >= 0.3 is 12.1 Å². The third-order valence-electron chi connectivity index (χ3n) is 8.00. The minimum atomic E-state index is -0.947. The molecule has 7 heteroatoms. The number of carbonyl (C=O) groups is 3. The molecule has 2 amide bonds. The van der Waals surface area contributed by atoms with Crippen molar-refractivity contribution in [1.82, 2.24) is 10.2 Å². The van der Waals surface area contributed by atoms with Crippen LogP contribution in [0.3, 0.4) is 0 Å². The summed E-state index contributed by atoms with van der Waals surface area (Å²) in [7, 11) is 0. The summed E-state index contributed by atoms with van der Waals surface area (Å²) in [6.45, 7) is 4.23. The van der Waals surface area contributed by atoms with Gasteiger partial charge in [0.25, 0.3) is 0 Å². The minimum Gasteiger partial charge on any atom is -0.480 e. The summed E-state index contributed by atoms with van der Waals surface area (Å²) >= 11 is 0. The second-order valence-corrected chi connectivity index (χ2v) is 10.7. The average molecular weight is 477 g/mol. The van der Waals surface area contributed by atoms with Gasteiger partial charge in [0.2, 0.25) is 5.91 Å². The van der Waals surface area contributed by atoms with Gasteiger partial charge in [0.05, 0.1) is 5.41 Å². The molecule has 3 unspecified atom stereocenters. The molecular weight excluding hydrogens is 444 g/mol. The minimum absolute atomic E-state index is 0.0299. The van der Waals surface area contributed by atoms with Gasteiger partial charge in [-0.2, -0.15) is 0 Å². The quantitative estimate of drug-likeness (QED) is 0.649. The summed E-state index contributed by atoms with van der Waals surface area (Å²) in [6, 6.07) is 15.5. The van der Waals surface area contributed by atoms with Gasteiger partial charge in [-0.15, -0.1) is 0 Å². The highest BCUT2D eigenvalue weighted by molar-refractivity contribution is 5.88. The Morgan fingerprint density at radius 2 is 1.66 bits per heavy atom. The number of carboxylic acid groups (broad SMARTS) is 1. The SMILES string of the molecule is CC(C)(CNC(=O)OCC1c2ccccc2-c2ccccc21)C(=O)N1CC2CCCC2C1C(=O)O. The third kappa shape index (κ3) is 4.17. The van der Waals surface area contributed by atoms with Gasteiger partial charge in [-0.1, -0.05) is 55.0 Å². The molecule has 3 atom stereocenters. The molecule has 2 fully saturated rings. The van der Waals surface area contributed by atoms with E-state index in [-0.39, 0.29) is 36.8 Å². The molecular formula is C28H32N2O5. The highest BCUT2D eigenvalue weighted by Gasteiger charge is 2.51. The number of nitrogens with one attached hydrogen (secondary N) is 1. The summed E-state index contributed by atoms with van der Waals surface area (Å²) in [6.07, 6.45) is 2.26. The molecule has 35 heavy (non-hydrogen) atoms. The number of fused-ring (bicyclic) bond motifs is 4. The molecule has 1 heterocycles. The molecule has 5 rings (SSSR count). The number of carboxylic acids is 1. The van der Waals surface area contributed by atoms with E-state index in [2.05, 4.69) is 29.6 Å². The van der Waals surface area contributed by atoms with Gasteiger partial charge < -0.3 is 20.1 Å². The molecule has 3 aliphatic rings. The molecule has 7 nitrogen and oxygen atoms in total. The van der Waals surface area contributed by atoms with Crippen LogP contribution in [0.2, 0.25) is 0 Å². The number of amides is 2. The number of benzene rings is 2. The van der Waals surface area contributed by atoms with Crippen LogP contribution in [0.15, 0.2) is 48.5 Å². The fourth-order valence-corrected chi connectivity index (χ4v) is 6.24. The van der Waals surface area contributed by atoms with Crippen LogP contribution in [0.5, 0.6) is 0 Å². The lowest BCUT2D eigenvalue weighted by molar-refractivity contribution is -0.153. The number of ether oxygens (including phenoxy) is 1. The number of nitrogens with zero attached hydrogens (tertiary/aromatic N) is 1. The largest absolute Gasteiger partial charge is 0.480 e. The Kier molecular flexibility index (Phi) is 6.03. The van der Waals surface area contributed by atoms with Gasteiger partial charge in [-0.05, 0) is 60.8 Å². The van der Waals surface area contributed by atoms with Crippen molar-refractivity contribution in [2.75, 3.05) is 19.7 Å². The zero-order chi connectivity index (χ0) is 24.7. The number of alkyl carbamates (subject to hydrolysis) is 1. The molecule has 1 aliphatic heterocycles. The fourth-order valence-electron chi connectivity index (χ4n) is 6.24. The Morgan fingerprint density at radius 1 is 1.03 bits per heavy atom. The van der Waals surface area contributed by atoms with Gasteiger partial charge in [0.15, 0.2) is 0 Å². The van der Waals surface area contributed by atoms with Crippen LogP contribution in [0.25, 0.3) is 11.1 Å². The molecule has 2 aliphatic carbocycles. The van der Waals surface area contributed by atoms with E-state index in [0.29, 0.717) is 6.54 Å². The Balaban J connectivity index is 1.20. The van der Waals surface area contributed by atoms with Crippen LogP contribution >= 0.6 is 0 Å². The van der Waals surface area contributed by atoms with Gasteiger partial charge in [-0.3, -0.25) is 4.79 Å². The molecule has 1 saturated carbocycles. The average Bonchev–Trinajstić information content (AvgIpc) is 3.52. The first-order valence-electron chi connectivity index (χ1n) is 12.4. The highest BCUT2D eigenvalue weighted by atomic mass is 16.5. The number of carbonyl (C=O) groups excluding carboxylic acids is 2. The van der Waals surface area contributed by atoms with Gasteiger partial charge in [0, 0.05) is 19.0 Å². The number of hydrogen-bond acceptors (Lipinski definition) is 4. The number of aliphatic carboxylic acids is 1. The van der Waals surface area contributed by atoms with Crippen LogP contribution < -0.4 is 5.32 Å². The fraction of sp³-hybridized carbons (Fsp3) is 0.464. The molecule has 184 valence electrons. The van der Waals surface area contributed by atoms with Crippen molar-refractivity contribution in [3.63, 3.8) is 0 Å². The van der Waals surface area contributed by atoms with Crippen LogP contribution in [0, 0.1) is 17.3 Å². The number of hydrogen-bond donors (Lipinski definition) is 2. The van der Waals surface area contributed by atoms with Crippen LogP contribution in [0.4, 0.5) is 4.79 Å². The monoisotopic (exact) mass is 476 g/mol. The zero-order valence-electron chi connectivity index (χ0n) is 20.2. The molecule has 2 N–H and O–H groups in total. The van der Waals surface area contributed by atoms with E-state index in [4.69, 9.17) is 4.74 Å². The molecule has 0 spiro atoms. The number of rotatable bonds is 6. The zero-order valence-corrected chi connectivity index (χ0v) is 20.2. The second kappa shape index (κ2) is 9.02. The van der Waals surface area contributed by atoms with Gasteiger partial charge in [-0.25, -0.2) is 9.59 Å². The van der Waals surface area contributed by atoms with Crippen LogP contribution in [-0.2, 0) is 14.3 Å². The van der Waals surface area contributed by atoms with Crippen molar-refractivity contribution in [3.8, 4) is 11.1 Å². The summed E-state index contributed by atoms with van der Waals surface area (Å²) in [4.78, 5) is 39.4. The van der Waals surface area contributed by atoms with E-state index in [9.17, 15) is 19.5 Å². The molecule has 0 aromatic heterocycles. The topological polar surface area (TPSA) is 95.9 Å². The summed E-state index contributed by atoms with van der Waals surface area (Å²) < 4.78 is 5.59. The maximum absolute atomic E-state index is 13.3. The lowest BCUT2D eigenvalue weighted by atomic mass is 9.90. The lowest BCUT2D eigenvalue weighted by Gasteiger charge is -2.32. The van der Waals surface area contributed by atoms with Crippen molar-refractivity contribution < 1.29 is 24.2 Å². The van der Waals surface area contributed by atoms with Crippen LogP contribution in [0.1, 0.15) is 50.2 Å². The van der Waals surface area contributed by atoms with E-state index in [1.165, 1.54) is 4.90 Å². The summed E-state index contributed by atoms with van der Waals surface area (Å²) in [5, 5.41) is 12.5. The third-order valence-corrected chi connectivity index (χ3v) is 8.00. The van der Waals surface area contributed by atoms with Crippen molar-refractivity contribution in [2.24, 2.45) is 17.3 Å². The van der Waals surface area contributed by atoms with Crippen molar-refractivity contribution in [2.45, 2.75) is 45.1 Å². The maximum atomic E-state index is 13.3. The predicted molar refractivity (Wildman–Crippen MR) is 131 cm³/mol. The lowest BCUT2D eigenvalue weighted by Crippen LogP contribution is -2.51. The molecule has 0 radical (unpaired) electrons.